The van der Waals surface area contributed by atoms with Crippen LogP contribution in [0.5, 0.6) is 0 Å². The van der Waals surface area contributed by atoms with Gasteiger partial charge in [0.05, 0.1) is 0 Å². The van der Waals surface area contributed by atoms with Gasteiger partial charge in [0.25, 0.3) is 0 Å². The maximum absolute atomic E-state index is 12.4. The Morgan fingerprint density at radius 1 is 1.32 bits per heavy atom. The Kier molecular flexibility index (Phi) is 4.85. The van der Waals surface area contributed by atoms with E-state index in [1.807, 2.05) is 7.05 Å². The van der Waals surface area contributed by atoms with Gasteiger partial charge in [-0.1, -0.05) is 33.1 Å². The van der Waals surface area contributed by atoms with Gasteiger partial charge in [-0.3, -0.25) is 9.69 Å². The lowest BCUT2D eigenvalue weighted by atomic mass is 9.88. The van der Waals surface area contributed by atoms with Crippen LogP contribution in [0.2, 0.25) is 0 Å². The van der Waals surface area contributed by atoms with Crippen LogP contribution in [-0.2, 0) is 4.79 Å². The summed E-state index contributed by atoms with van der Waals surface area (Å²) in [5, 5.41) is 6.31. The lowest BCUT2D eigenvalue weighted by molar-refractivity contribution is -0.126. The highest BCUT2D eigenvalue weighted by molar-refractivity contribution is 5.82. The third-order valence-electron chi connectivity index (χ3n) is 4.50. The molecule has 2 aliphatic rings. The molecule has 0 bridgehead atoms. The fourth-order valence-corrected chi connectivity index (χ4v) is 3.45. The molecule has 1 amide bonds. The van der Waals surface area contributed by atoms with Gasteiger partial charge in [0.1, 0.15) is 6.04 Å². The van der Waals surface area contributed by atoms with Crippen molar-refractivity contribution in [2.45, 2.75) is 58.0 Å². The number of hydrogen-bond acceptors (Lipinski definition) is 3. The third kappa shape index (κ3) is 3.69. The Bertz CT molecular complexity index is 311. The van der Waals surface area contributed by atoms with Gasteiger partial charge in [0, 0.05) is 25.7 Å². The van der Waals surface area contributed by atoms with Gasteiger partial charge in [-0.2, -0.15) is 0 Å². The van der Waals surface area contributed by atoms with Crippen molar-refractivity contribution in [1.29, 1.82) is 0 Å². The second-order valence-corrected chi connectivity index (χ2v) is 6.92. The molecule has 2 rings (SSSR count). The van der Waals surface area contributed by atoms with Crippen LogP contribution >= 0.6 is 0 Å². The van der Waals surface area contributed by atoms with Gasteiger partial charge in [-0.15, -0.1) is 0 Å². The van der Waals surface area contributed by atoms with Crippen molar-refractivity contribution < 1.29 is 4.79 Å². The van der Waals surface area contributed by atoms with Crippen LogP contribution in [-0.4, -0.2) is 49.6 Å². The van der Waals surface area contributed by atoms with Crippen LogP contribution < -0.4 is 10.6 Å². The normalized spacial score (nSPS) is 29.8. The van der Waals surface area contributed by atoms with E-state index in [0.717, 1.165) is 19.6 Å². The summed E-state index contributed by atoms with van der Waals surface area (Å²) in [5.74, 6) is 0.200. The molecule has 4 nitrogen and oxygen atoms in total. The molecule has 110 valence electrons. The van der Waals surface area contributed by atoms with E-state index in [-0.39, 0.29) is 17.4 Å². The van der Waals surface area contributed by atoms with Crippen LogP contribution in [0, 0.1) is 5.41 Å². The molecular weight excluding hydrogens is 238 g/mol. The number of amides is 1. The van der Waals surface area contributed by atoms with E-state index < -0.39 is 0 Å². The topological polar surface area (TPSA) is 44.4 Å². The molecule has 2 fully saturated rings. The van der Waals surface area contributed by atoms with Crippen LogP contribution in [0.15, 0.2) is 0 Å². The maximum atomic E-state index is 12.4. The molecule has 0 spiro atoms. The number of carbonyl (C=O) groups is 1. The highest BCUT2D eigenvalue weighted by Gasteiger charge is 2.38. The van der Waals surface area contributed by atoms with E-state index in [1.165, 1.54) is 32.1 Å². The third-order valence-corrected chi connectivity index (χ3v) is 4.50. The molecule has 1 saturated heterocycles. The van der Waals surface area contributed by atoms with Gasteiger partial charge in [0.15, 0.2) is 0 Å². The highest BCUT2D eigenvalue weighted by Crippen LogP contribution is 2.29. The van der Waals surface area contributed by atoms with Crippen molar-refractivity contribution >= 4 is 5.91 Å². The summed E-state index contributed by atoms with van der Waals surface area (Å²) in [6.07, 6.45) is 6.49. The second kappa shape index (κ2) is 6.23. The summed E-state index contributed by atoms with van der Waals surface area (Å²) in [4.78, 5) is 14.8. The zero-order valence-corrected chi connectivity index (χ0v) is 12.7. The average Bonchev–Trinajstić information content (AvgIpc) is 2.51. The minimum Gasteiger partial charge on any atom is -0.354 e. The fourth-order valence-electron chi connectivity index (χ4n) is 3.45. The largest absolute Gasteiger partial charge is 0.354 e. The lowest BCUT2D eigenvalue weighted by Gasteiger charge is -2.40. The number of rotatable bonds is 3. The average molecular weight is 267 g/mol. The highest BCUT2D eigenvalue weighted by atomic mass is 16.2. The summed E-state index contributed by atoms with van der Waals surface area (Å²) in [6, 6.07) is 0.588. The molecule has 0 radical (unpaired) electrons. The monoisotopic (exact) mass is 267 g/mol. The molecular formula is C15H29N3O. The fraction of sp³-hybridized carbons (Fsp3) is 0.933. The molecule has 0 aromatic carbocycles. The lowest BCUT2D eigenvalue weighted by Crippen LogP contribution is -2.54. The number of likely N-dealkylation sites (N-methyl/N-ethyl adjacent to an activating group) is 1. The zero-order valence-electron chi connectivity index (χ0n) is 12.7. The molecule has 1 aliphatic carbocycles. The quantitative estimate of drug-likeness (QED) is 0.811. The van der Waals surface area contributed by atoms with Gasteiger partial charge < -0.3 is 10.6 Å². The number of hydrogen-bond donors (Lipinski definition) is 2. The Morgan fingerprint density at radius 2 is 2.00 bits per heavy atom. The maximum Gasteiger partial charge on any atom is 0.238 e. The van der Waals surface area contributed by atoms with Crippen molar-refractivity contribution in [3.8, 4) is 0 Å². The van der Waals surface area contributed by atoms with Gasteiger partial charge in [-0.25, -0.2) is 0 Å². The number of nitrogens with zero attached hydrogens (tertiary/aromatic N) is 1. The summed E-state index contributed by atoms with van der Waals surface area (Å²) in [7, 11) is 1.93. The molecule has 1 heterocycles. The van der Waals surface area contributed by atoms with E-state index in [2.05, 4.69) is 29.4 Å². The molecule has 1 atom stereocenters. The molecule has 1 aliphatic heterocycles. The Balaban J connectivity index is 2.17. The van der Waals surface area contributed by atoms with Gasteiger partial charge in [0.2, 0.25) is 5.91 Å². The first-order chi connectivity index (χ1) is 9.03. The Hall–Kier alpha value is -0.610. The van der Waals surface area contributed by atoms with E-state index in [9.17, 15) is 4.79 Å². The predicted octanol–water partition coefficient (Wildman–Crippen LogP) is 1.37. The summed E-state index contributed by atoms with van der Waals surface area (Å²) in [5.41, 5.74) is 0.162. The standard InChI is InChI=1S/C15H29N3O/c1-15(2)10-17-14(19)13(9-16-3)18(11-15)12-7-5-4-6-8-12/h12-13,16H,4-11H2,1-3H3,(H,17,19). The minimum atomic E-state index is -0.00475. The first-order valence-electron chi connectivity index (χ1n) is 7.71. The van der Waals surface area contributed by atoms with Crippen LogP contribution in [0.3, 0.4) is 0 Å². The van der Waals surface area contributed by atoms with Crippen LogP contribution in [0.4, 0.5) is 0 Å². The predicted molar refractivity (Wildman–Crippen MR) is 78.1 cm³/mol. The molecule has 0 aromatic heterocycles. The van der Waals surface area contributed by atoms with Gasteiger partial charge >= 0.3 is 0 Å². The van der Waals surface area contributed by atoms with E-state index in [1.54, 1.807) is 0 Å². The molecule has 1 saturated carbocycles. The summed E-state index contributed by atoms with van der Waals surface area (Å²) in [6.45, 7) is 7.06. The molecule has 1 unspecified atom stereocenters. The van der Waals surface area contributed by atoms with E-state index in [4.69, 9.17) is 0 Å². The molecule has 2 N–H and O–H groups in total. The van der Waals surface area contributed by atoms with Gasteiger partial charge in [-0.05, 0) is 25.3 Å². The zero-order chi connectivity index (χ0) is 13.9. The minimum absolute atomic E-state index is 0.00475. The molecule has 4 heteroatoms. The second-order valence-electron chi connectivity index (χ2n) is 6.92. The van der Waals surface area contributed by atoms with E-state index in [0.29, 0.717) is 6.04 Å². The SMILES string of the molecule is CNCC1C(=O)NCC(C)(C)CN1C1CCCCC1. The van der Waals surface area contributed by atoms with Crippen molar-refractivity contribution in [2.75, 3.05) is 26.7 Å². The number of carbonyl (C=O) groups excluding carboxylic acids is 1. The Morgan fingerprint density at radius 3 is 2.63 bits per heavy atom. The van der Waals surface area contributed by atoms with Crippen molar-refractivity contribution in [1.82, 2.24) is 15.5 Å². The van der Waals surface area contributed by atoms with Crippen molar-refractivity contribution in [3.05, 3.63) is 0 Å². The molecule has 19 heavy (non-hydrogen) atoms. The van der Waals surface area contributed by atoms with Crippen molar-refractivity contribution in [3.63, 3.8) is 0 Å². The number of nitrogens with one attached hydrogen (secondary N) is 2. The molecule has 0 aromatic rings. The first kappa shape index (κ1) is 14.8. The Labute approximate surface area is 117 Å². The van der Waals surface area contributed by atoms with Crippen LogP contribution in [0.1, 0.15) is 46.0 Å². The van der Waals surface area contributed by atoms with E-state index >= 15 is 0 Å². The summed E-state index contributed by atoms with van der Waals surface area (Å²) < 4.78 is 0. The summed E-state index contributed by atoms with van der Waals surface area (Å²) >= 11 is 0. The first-order valence-corrected chi connectivity index (χ1v) is 7.71. The smallest absolute Gasteiger partial charge is 0.238 e. The van der Waals surface area contributed by atoms with Crippen molar-refractivity contribution in [2.24, 2.45) is 5.41 Å². The van der Waals surface area contributed by atoms with Crippen LogP contribution in [0.25, 0.3) is 0 Å².